The summed E-state index contributed by atoms with van der Waals surface area (Å²) in [6.07, 6.45) is 1.76. The van der Waals surface area contributed by atoms with E-state index in [2.05, 4.69) is 20.5 Å². The molecule has 2 aromatic rings. The molecule has 3 amide bonds. The van der Waals surface area contributed by atoms with Gasteiger partial charge < -0.3 is 29.9 Å². The second kappa shape index (κ2) is 8.89. The number of pyridine rings is 1. The Bertz CT molecular complexity index is 900. The lowest BCUT2D eigenvalue weighted by Crippen LogP contribution is -2.55. The van der Waals surface area contributed by atoms with Crippen LogP contribution in [0.15, 0.2) is 42.6 Å². The van der Waals surface area contributed by atoms with Crippen LogP contribution in [-0.4, -0.2) is 60.8 Å². The van der Waals surface area contributed by atoms with Gasteiger partial charge in [-0.15, -0.1) is 0 Å². The fraction of sp³-hybridized carbons (Fsp3) is 0.381. The third-order valence-corrected chi connectivity index (χ3v) is 5.18. The van der Waals surface area contributed by atoms with Gasteiger partial charge in [-0.1, -0.05) is 12.1 Å². The van der Waals surface area contributed by atoms with E-state index in [1.165, 1.54) is 0 Å². The van der Waals surface area contributed by atoms with Crippen molar-refractivity contribution in [3.8, 4) is 11.5 Å². The first-order valence-electron chi connectivity index (χ1n) is 9.98. The Labute approximate surface area is 175 Å². The molecule has 1 aromatic heterocycles. The minimum Gasteiger partial charge on any atom is -0.454 e. The molecule has 4 rings (SSSR count). The summed E-state index contributed by atoms with van der Waals surface area (Å²) in [7, 11) is 0. The van der Waals surface area contributed by atoms with Crippen molar-refractivity contribution >= 4 is 17.8 Å². The van der Waals surface area contributed by atoms with E-state index in [0.29, 0.717) is 44.2 Å². The average Bonchev–Trinajstić information content (AvgIpc) is 3.26. The zero-order chi connectivity index (χ0) is 20.9. The lowest BCUT2D eigenvalue weighted by atomic mass is 10.2. The van der Waals surface area contributed by atoms with Gasteiger partial charge in [0.2, 0.25) is 12.7 Å². The maximum Gasteiger partial charge on any atom is 0.318 e. The SMILES string of the molecule is CC(NC(=O)N1CCN(c2ccccn2)CC1)C(=O)NCc1ccc2c(c1)OCO2. The Hall–Kier alpha value is -3.49. The number of aromatic nitrogens is 1. The van der Waals surface area contributed by atoms with Crippen LogP contribution < -0.4 is 25.0 Å². The minimum atomic E-state index is -0.639. The van der Waals surface area contributed by atoms with Gasteiger partial charge in [0.25, 0.3) is 0 Å². The number of fused-ring (bicyclic) bond motifs is 1. The number of benzene rings is 1. The molecule has 1 atom stereocenters. The van der Waals surface area contributed by atoms with Crippen molar-refractivity contribution in [3.05, 3.63) is 48.2 Å². The Kier molecular flexibility index (Phi) is 5.87. The number of carbonyl (C=O) groups excluding carboxylic acids is 2. The van der Waals surface area contributed by atoms with Crippen molar-refractivity contribution < 1.29 is 19.1 Å². The van der Waals surface area contributed by atoms with Gasteiger partial charge in [0.1, 0.15) is 11.9 Å². The van der Waals surface area contributed by atoms with Crippen LogP contribution in [0, 0.1) is 0 Å². The number of nitrogens with zero attached hydrogens (tertiary/aromatic N) is 3. The first kappa shape index (κ1) is 19.8. The maximum absolute atomic E-state index is 12.5. The largest absolute Gasteiger partial charge is 0.454 e. The highest BCUT2D eigenvalue weighted by Crippen LogP contribution is 2.32. The first-order valence-corrected chi connectivity index (χ1v) is 9.98. The predicted molar refractivity (Wildman–Crippen MR) is 110 cm³/mol. The van der Waals surface area contributed by atoms with Crippen molar-refractivity contribution in [2.45, 2.75) is 19.5 Å². The van der Waals surface area contributed by atoms with Gasteiger partial charge in [0.05, 0.1) is 0 Å². The molecule has 3 heterocycles. The van der Waals surface area contributed by atoms with Crippen LogP contribution in [0.4, 0.5) is 10.6 Å². The van der Waals surface area contributed by atoms with Gasteiger partial charge in [0.15, 0.2) is 11.5 Å². The molecule has 9 nitrogen and oxygen atoms in total. The molecular weight excluding hydrogens is 386 g/mol. The van der Waals surface area contributed by atoms with Crippen LogP contribution in [0.1, 0.15) is 12.5 Å². The minimum absolute atomic E-state index is 0.213. The van der Waals surface area contributed by atoms with E-state index in [-0.39, 0.29) is 18.7 Å². The number of carbonyl (C=O) groups is 2. The summed E-state index contributed by atoms with van der Waals surface area (Å²) in [5, 5.41) is 5.62. The fourth-order valence-corrected chi connectivity index (χ4v) is 3.41. The van der Waals surface area contributed by atoms with Crippen LogP contribution >= 0.6 is 0 Å². The Morgan fingerprint density at radius 3 is 2.67 bits per heavy atom. The molecule has 0 aliphatic carbocycles. The topological polar surface area (TPSA) is 96.0 Å². The molecular formula is C21H25N5O4. The van der Waals surface area contributed by atoms with Crippen LogP contribution in [0.25, 0.3) is 0 Å². The number of nitrogens with one attached hydrogen (secondary N) is 2. The number of piperazine rings is 1. The molecule has 0 radical (unpaired) electrons. The molecule has 1 saturated heterocycles. The van der Waals surface area contributed by atoms with Crippen molar-refractivity contribution in [3.63, 3.8) is 0 Å². The molecule has 0 bridgehead atoms. The fourth-order valence-electron chi connectivity index (χ4n) is 3.41. The number of urea groups is 1. The summed E-state index contributed by atoms with van der Waals surface area (Å²) in [5.41, 5.74) is 0.900. The number of ether oxygens (including phenoxy) is 2. The molecule has 1 unspecified atom stereocenters. The van der Waals surface area contributed by atoms with E-state index >= 15 is 0 Å². The highest BCUT2D eigenvalue weighted by atomic mass is 16.7. The number of anilines is 1. The summed E-state index contributed by atoms with van der Waals surface area (Å²) in [6.45, 7) is 4.80. The summed E-state index contributed by atoms with van der Waals surface area (Å²) in [6, 6.07) is 10.5. The lowest BCUT2D eigenvalue weighted by Gasteiger charge is -2.35. The zero-order valence-electron chi connectivity index (χ0n) is 16.8. The van der Waals surface area contributed by atoms with E-state index in [0.717, 1.165) is 11.4 Å². The van der Waals surface area contributed by atoms with Crippen LogP contribution in [-0.2, 0) is 11.3 Å². The normalized spacial score (nSPS) is 16.2. The average molecular weight is 411 g/mol. The van der Waals surface area contributed by atoms with Crippen LogP contribution in [0.5, 0.6) is 11.5 Å². The van der Waals surface area contributed by atoms with Crippen molar-refractivity contribution in [1.82, 2.24) is 20.5 Å². The summed E-state index contributed by atoms with van der Waals surface area (Å²) < 4.78 is 10.6. The van der Waals surface area contributed by atoms with Crippen molar-refractivity contribution in [2.75, 3.05) is 37.9 Å². The van der Waals surface area contributed by atoms with E-state index in [9.17, 15) is 9.59 Å². The van der Waals surface area contributed by atoms with Crippen molar-refractivity contribution in [1.29, 1.82) is 0 Å². The monoisotopic (exact) mass is 411 g/mol. The second-order valence-electron chi connectivity index (χ2n) is 7.24. The number of amides is 3. The summed E-state index contributed by atoms with van der Waals surface area (Å²) in [4.78, 5) is 33.1. The van der Waals surface area contributed by atoms with Crippen LogP contribution in [0.3, 0.4) is 0 Å². The molecule has 2 aliphatic heterocycles. The Morgan fingerprint density at radius 1 is 1.10 bits per heavy atom. The molecule has 0 spiro atoms. The molecule has 0 saturated carbocycles. The number of rotatable bonds is 5. The van der Waals surface area contributed by atoms with E-state index in [4.69, 9.17) is 9.47 Å². The third-order valence-electron chi connectivity index (χ3n) is 5.18. The van der Waals surface area contributed by atoms with Crippen LogP contribution in [0.2, 0.25) is 0 Å². The molecule has 1 fully saturated rings. The Morgan fingerprint density at radius 2 is 1.90 bits per heavy atom. The van der Waals surface area contributed by atoms with Gasteiger partial charge in [0, 0.05) is 38.9 Å². The van der Waals surface area contributed by atoms with E-state index in [1.807, 2.05) is 36.4 Å². The predicted octanol–water partition coefficient (Wildman–Crippen LogP) is 1.35. The Balaban J connectivity index is 1.22. The van der Waals surface area contributed by atoms with Gasteiger partial charge in [-0.25, -0.2) is 9.78 Å². The lowest BCUT2D eigenvalue weighted by molar-refractivity contribution is -0.122. The highest BCUT2D eigenvalue weighted by Gasteiger charge is 2.24. The van der Waals surface area contributed by atoms with Gasteiger partial charge >= 0.3 is 6.03 Å². The molecule has 30 heavy (non-hydrogen) atoms. The van der Waals surface area contributed by atoms with Crippen molar-refractivity contribution in [2.24, 2.45) is 0 Å². The van der Waals surface area contributed by atoms with Gasteiger partial charge in [-0.3, -0.25) is 4.79 Å². The smallest absolute Gasteiger partial charge is 0.318 e. The molecule has 158 valence electrons. The summed E-state index contributed by atoms with van der Waals surface area (Å²) >= 11 is 0. The standard InChI is InChI=1S/C21H25N5O4/c1-15(20(27)23-13-16-5-6-17-18(12-16)30-14-29-17)24-21(28)26-10-8-25(9-11-26)19-4-2-3-7-22-19/h2-7,12,15H,8-11,13-14H2,1H3,(H,23,27)(H,24,28). The molecule has 1 aromatic carbocycles. The van der Waals surface area contributed by atoms with E-state index in [1.54, 1.807) is 18.0 Å². The molecule has 9 heteroatoms. The quantitative estimate of drug-likeness (QED) is 0.771. The van der Waals surface area contributed by atoms with Gasteiger partial charge in [-0.05, 0) is 36.8 Å². The van der Waals surface area contributed by atoms with E-state index < -0.39 is 6.04 Å². The number of hydrogen-bond acceptors (Lipinski definition) is 6. The third kappa shape index (κ3) is 4.56. The maximum atomic E-state index is 12.5. The second-order valence-corrected chi connectivity index (χ2v) is 7.24. The molecule has 2 N–H and O–H groups in total. The molecule has 2 aliphatic rings. The first-order chi connectivity index (χ1) is 14.6. The highest BCUT2D eigenvalue weighted by molar-refractivity contribution is 5.86. The summed E-state index contributed by atoms with van der Waals surface area (Å²) in [5.74, 6) is 2.05. The number of hydrogen-bond donors (Lipinski definition) is 2. The zero-order valence-corrected chi connectivity index (χ0v) is 16.8. The van der Waals surface area contributed by atoms with Gasteiger partial charge in [-0.2, -0.15) is 0 Å².